The molecule has 0 atom stereocenters. The third kappa shape index (κ3) is 2.66. The van der Waals surface area contributed by atoms with Gasteiger partial charge in [0, 0.05) is 43.2 Å². The molecule has 1 amide bonds. The highest BCUT2D eigenvalue weighted by atomic mass is 16.1. The van der Waals surface area contributed by atoms with Crippen LogP contribution in [0.25, 0.3) is 0 Å². The van der Waals surface area contributed by atoms with Crippen LogP contribution in [0.2, 0.25) is 0 Å². The van der Waals surface area contributed by atoms with Crippen LogP contribution in [-0.4, -0.2) is 29.0 Å². The molecule has 0 fully saturated rings. The lowest BCUT2D eigenvalue weighted by molar-refractivity contribution is 0.0953. The minimum Gasteiger partial charge on any atom is -0.385 e. The van der Waals surface area contributed by atoms with E-state index in [9.17, 15) is 4.79 Å². The van der Waals surface area contributed by atoms with Gasteiger partial charge in [-0.15, -0.1) is 0 Å². The van der Waals surface area contributed by atoms with Crippen LogP contribution >= 0.6 is 0 Å². The molecule has 0 unspecified atom stereocenters. The number of aromatic amines is 1. The number of fused-ring (bicyclic) bond motifs is 1. The van der Waals surface area contributed by atoms with E-state index < -0.39 is 0 Å². The molecule has 3 rings (SSSR count). The average molecular weight is 270 g/mol. The van der Waals surface area contributed by atoms with Crippen LogP contribution in [0, 0.1) is 0 Å². The van der Waals surface area contributed by atoms with Crippen LogP contribution in [0.4, 0.5) is 5.69 Å². The van der Waals surface area contributed by atoms with Crippen LogP contribution in [0.5, 0.6) is 0 Å². The van der Waals surface area contributed by atoms with Gasteiger partial charge in [0.25, 0.3) is 5.91 Å². The number of carbonyl (C=O) groups is 1. The summed E-state index contributed by atoms with van der Waals surface area (Å²) in [5.41, 5.74) is 3.01. The Balaban J connectivity index is 1.65. The summed E-state index contributed by atoms with van der Waals surface area (Å²) < 4.78 is 0. The van der Waals surface area contributed by atoms with Crippen LogP contribution in [0.15, 0.2) is 30.6 Å². The number of rotatable bonds is 4. The molecular formula is C15H18N4O. The molecule has 1 aliphatic rings. The lowest BCUT2D eigenvalue weighted by atomic mass is 9.97. The molecule has 0 bridgehead atoms. The Morgan fingerprint density at radius 2 is 2.35 bits per heavy atom. The topological polar surface area (TPSA) is 69.8 Å². The highest BCUT2D eigenvalue weighted by molar-refractivity contribution is 5.97. The molecule has 1 aliphatic heterocycles. The molecule has 0 saturated heterocycles. The number of benzene rings is 1. The van der Waals surface area contributed by atoms with Crippen molar-refractivity contribution >= 4 is 11.6 Å². The van der Waals surface area contributed by atoms with E-state index in [4.69, 9.17) is 0 Å². The highest BCUT2D eigenvalue weighted by Crippen LogP contribution is 2.25. The van der Waals surface area contributed by atoms with Gasteiger partial charge in [-0.05, 0) is 30.5 Å². The van der Waals surface area contributed by atoms with Gasteiger partial charge in [-0.1, -0.05) is 6.07 Å². The van der Waals surface area contributed by atoms with Crippen molar-refractivity contribution < 1.29 is 4.79 Å². The van der Waals surface area contributed by atoms with E-state index in [2.05, 4.69) is 20.6 Å². The molecule has 1 aromatic carbocycles. The summed E-state index contributed by atoms with van der Waals surface area (Å²) in [6.07, 6.45) is 6.26. The Morgan fingerprint density at radius 1 is 1.40 bits per heavy atom. The van der Waals surface area contributed by atoms with Crippen LogP contribution in [0.3, 0.4) is 0 Å². The van der Waals surface area contributed by atoms with E-state index in [1.807, 2.05) is 18.2 Å². The SMILES string of the molecule is O=C(NCCc1ncc[nH]1)c1cccc2c1CCCN2. The number of amides is 1. The van der Waals surface area contributed by atoms with Gasteiger partial charge in [-0.25, -0.2) is 4.98 Å². The van der Waals surface area contributed by atoms with Gasteiger partial charge < -0.3 is 15.6 Å². The molecule has 5 heteroatoms. The molecule has 0 radical (unpaired) electrons. The molecule has 20 heavy (non-hydrogen) atoms. The maximum atomic E-state index is 12.3. The summed E-state index contributed by atoms with van der Waals surface area (Å²) in [6, 6.07) is 5.86. The quantitative estimate of drug-likeness (QED) is 0.792. The number of aromatic nitrogens is 2. The lowest BCUT2D eigenvalue weighted by Gasteiger charge is -2.20. The Hall–Kier alpha value is -2.30. The van der Waals surface area contributed by atoms with Crippen molar-refractivity contribution in [3.05, 3.63) is 47.5 Å². The number of nitrogens with one attached hydrogen (secondary N) is 3. The smallest absolute Gasteiger partial charge is 0.251 e. The summed E-state index contributed by atoms with van der Waals surface area (Å²) in [6.45, 7) is 1.57. The zero-order valence-corrected chi connectivity index (χ0v) is 11.3. The Bertz CT molecular complexity index is 592. The van der Waals surface area contributed by atoms with E-state index in [-0.39, 0.29) is 5.91 Å². The number of hydrogen-bond acceptors (Lipinski definition) is 3. The minimum absolute atomic E-state index is 0.00268. The largest absolute Gasteiger partial charge is 0.385 e. The molecule has 2 heterocycles. The lowest BCUT2D eigenvalue weighted by Crippen LogP contribution is -2.28. The fraction of sp³-hybridized carbons (Fsp3) is 0.333. The maximum Gasteiger partial charge on any atom is 0.251 e. The second-order valence-corrected chi connectivity index (χ2v) is 4.90. The molecule has 3 N–H and O–H groups in total. The monoisotopic (exact) mass is 270 g/mol. The minimum atomic E-state index is -0.00268. The fourth-order valence-electron chi connectivity index (χ4n) is 2.55. The van der Waals surface area contributed by atoms with E-state index in [1.54, 1.807) is 12.4 Å². The molecule has 1 aromatic heterocycles. The summed E-state index contributed by atoms with van der Waals surface area (Å²) in [7, 11) is 0. The molecule has 5 nitrogen and oxygen atoms in total. The van der Waals surface area contributed by atoms with Gasteiger partial charge in [-0.3, -0.25) is 4.79 Å². The normalized spacial score (nSPS) is 13.4. The second-order valence-electron chi connectivity index (χ2n) is 4.90. The van der Waals surface area contributed by atoms with E-state index in [0.717, 1.165) is 42.0 Å². The number of hydrogen-bond donors (Lipinski definition) is 3. The number of H-pyrrole nitrogens is 1. The zero-order valence-electron chi connectivity index (χ0n) is 11.3. The van der Waals surface area contributed by atoms with Crippen molar-refractivity contribution in [2.24, 2.45) is 0 Å². The van der Waals surface area contributed by atoms with Gasteiger partial charge in [-0.2, -0.15) is 0 Å². The first-order valence-electron chi connectivity index (χ1n) is 6.97. The molecule has 0 saturated carbocycles. The molecule has 2 aromatic rings. The average Bonchev–Trinajstić information content (AvgIpc) is 3.00. The van der Waals surface area contributed by atoms with E-state index in [0.29, 0.717) is 13.0 Å². The summed E-state index contributed by atoms with van der Waals surface area (Å²) in [4.78, 5) is 19.4. The first-order valence-corrected chi connectivity index (χ1v) is 6.97. The highest BCUT2D eigenvalue weighted by Gasteiger charge is 2.16. The molecule has 104 valence electrons. The summed E-state index contributed by atoms with van der Waals surface area (Å²) in [5, 5.41) is 6.30. The van der Waals surface area contributed by atoms with Gasteiger partial charge in [0.15, 0.2) is 0 Å². The predicted octanol–water partition coefficient (Wildman–Crippen LogP) is 1.74. The predicted molar refractivity (Wildman–Crippen MR) is 77.9 cm³/mol. The van der Waals surface area contributed by atoms with Crippen molar-refractivity contribution in [3.8, 4) is 0 Å². The maximum absolute atomic E-state index is 12.3. The Morgan fingerprint density at radius 3 is 3.20 bits per heavy atom. The van der Waals surface area contributed by atoms with Crippen molar-refractivity contribution in [2.75, 3.05) is 18.4 Å². The van der Waals surface area contributed by atoms with Gasteiger partial charge in [0.1, 0.15) is 5.82 Å². The molecule has 0 aliphatic carbocycles. The number of imidazole rings is 1. The Labute approximate surface area is 117 Å². The van der Waals surface area contributed by atoms with Gasteiger partial charge in [0.05, 0.1) is 0 Å². The van der Waals surface area contributed by atoms with Crippen molar-refractivity contribution in [3.63, 3.8) is 0 Å². The first-order chi connectivity index (χ1) is 9.84. The van der Waals surface area contributed by atoms with E-state index >= 15 is 0 Å². The van der Waals surface area contributed by atoms with Gasteiger partial charge >= 0.3 is 0 Å². The summed E-state index contributed by atoms with van der Waals surface area (Å²) >= 11 is 0. The van der Waals surface area contributed by atoms with Crippen molar-refractivity contribution in [1.82, 2.24) is 15.3 Å². The Kier molecular flexibility index (Phi) is 3.67. The molecule has 0 spiro atoms. The van der Waals surface area contributed by atoms with Crippen LogP contribution in [-0.2, 0) is 12.8 Å². The van der Waals surface area contributed by atoms with Crippen molar-refractivity contribution in [1.29, 1.82) is 0 Å². The first kappa shape index (κ1) is 12.7. The second kappa shape index (κ2) is 5.77. The standard InChI is InChI=1S/C15H18N4O/c20-15(19-8-6-14-17-9-10-18-14)12-3-1-5-13-11(12)4-2-7-16-13/h1,3,5,9-10,16H,2,4,6-8H2,(H,17,18)(H,19,20). The zero-order chi connectivity index (χ0) is 13.8. The third-order valence-electron chi connectivity index (χ3n) is 3.54. The number of anilines is 1. The van der Waals surface area contributed by atoms with Gasteiger partial charge in [0.2, 0.25) is 0 Å². The number of nitrogens with zero attached hydrogens (tertiary/aromatic N) is 1. The molecular weight excluding hydrogens is 252 g/mol. The number of carbonyl (C=O) groups excluding carboxylic acids is 1. The third-order valence-corrected chi connectivity index (χ3v) is 3.54. The van der Waals surface area contributed by atoms with Crippen LogP contribution < -0.4 is 10.6 Å². The van der Waals surface area contributed by atoms with E-state index in [1.165, 1.54) is 0 Å². The fourth-order valence-corrected chi connectivity index (χ4v) is 2.55. The van der Waals surface area contributed by atoms with Crippen molar-refractivity contribution in [2.45, 2.75) is 19.3 Å². The van der Waals surface area contributed by atoms with Crippen LogP contribution in [0.1, 0.15) is 28.2 Å². The summed E-state index contributed by atoms with van der Waals surface area (Å²) in [5.74, 6) is 0.888.